The number of urea groups is 1. The summed E-state index contributed by atoms with van der Waals surface area (Å²) in [6.45, 7) is 3.89. The Morgan fingerprint density at radius 2 is 1.74 bits per heavy atom. The van der Waals surface area contributed by atoms with Crippen LogP contribution in [-0.2, 0) is 19.6 Å². The highest BCUT2D eigenvalue weighted by molar-refractivity contribution is 5.73. The number of amides is 2. The molecule has 0 bridgehead atoms. The molecule has 7 nitrogen and oxygen atoms in total. The van der Waals surface area contributed by atoms with E-state index in [1.54, 1.807) is 12.4 Å². The molecular formula is C20H23N5O2. The molecule has 140 valence electrons. The summed E-state index contributed by atoms with van der Waals surface area (Å²) in [5.74, 6) is 0.546. The summed E-state index contributed by atoms with van der Waals surface area (Å²) < 4.78 is 7.33. The zero-order valence-corrected chi connectivity index (χ0v) is 15.3. The Kier molecular flexibility index (Phi) is 6.40. The fourth-order valence-electron chi connectivity index (χ4n) is 2.69. The van der Waals surface area contributed by atoms with Crippen molar-refractivity contribution in [2.24, 2.45) is 0 Å². The van der Waals surface area contributed by atoms with E-state index in [9.17, 15) is 4.79 Å². The molecule has 7 heteroatoms. The highest BCUT2D eigenvalue weighted by Gasteiger charge is 2.08. The fraction of sp³-hybridized carbons (Fsp3) is 0.250. The molecule has 0 radical (unpaired) electrons. The molecule has 2 heterocycles. The number of hydrogen-bond donors (Lipinski definition) is 2. The first-order valence-corrected chi connectivity index (χ1v) is 8.89. The number of rotatable bonds is 8. The molecule has 0 aliphatic carbocycles. The monoisotopic (exact) mass is 365 g/mol. The van der Waals surface area contributed by atoms with Crippen molar-refractivity contribution in [3.63, 3.8) is 0 Å². The highest BCUT2D eigenvalue weighted by atomic mass is 16.5. The van der Waals surface area contributed by atoms with Crippen LogP contribution in [-0.4, -0.2) is 27.4 Å². The molecule has 1 aromatic carbocycles. The number of pyridine rings is 1. The lowest BCUT2D eigenvalue weighted by atomic mass is 10.1. The SMILES string of the molecule is CCOc1ncccc1CNC(=O)NCc1ccccc1Cn1cccn1. The number of ether oxygens (including phenoxy) is 1. The zero-order valence-electron chi connectivity index (χ0n) is 15.3. The van der Waals surface area contributed by atoms with Crippen molar-refractivity contribution in [3.8, 4) is 5.88 Å². The molecule has 2 aromatic heterocycles. The number of carbonyl (C=O) groups excluding carboxylic acids is 1. The molecule has 2 amide bonds. The van der Waals surface area contributed by atoms with E-state index in [1.165, 1.54) is 0 Å². The summed E-state index contributed by atoms with van der Waals surface area (Å²) in [6.07, 6.45) is 5.34. The standard InChI is InChI=1S/C20H23N5O2/c1-2-27-19-17(9-5-10-21-19)14-23-20(26)22-13-16-7-3-4-8-18(16)15-25-12-6-11-24-25/h3-12H,2,13-15H2,1H3,(H2,22,23,26). The molecular weight excluding hydrogens is 342 g/mol. The second-order valence-electron chi connectivity index (χ2n) is 5.91. The van der Waals surface area contributed by atoms with E-state index < -0.39 is 0 Å². The van der Waals surface area contributed by atoms with Crippen LogP contribution in [0.1, 0.15) is 23.6 Å². The van der Waals surface area contributed by atoms with Gasteiger partial charge in [-0.3, -0.25) is 4.68 Å². The number of carbonyl (C=O) groups is 1. The minimum atomic E-state index is -0.241. The van der Waals surface area contributed by atoms with Gasteiger partial charge >= 0.3 is 6.03 Å². The largest absolute Gasteiger partial charge is 0.478 e. The molecule has 0 atom stereocenters. The number of nitrogens with zero attached hydrogens (tertiary/aromatic N) is 3. The molecule has 0 saturated carbocycles. The van der Waals surface area contributed by atoms with Crippen molar-refractivity contribution >= 4 is 6.03 Å². The maximum absolute atomic E-state index is 12.2. The van der Waals surface area contributed by atoms with E-state index in [1.807, 2.05) is 60.3 Å². The summed E-state index contributed by atoms with van der Waals surface area (Å²) in [7, 11) is 0. The molecule has 3 aromatic rings. The zero-order chi connectivity index (χ0) is 18.9. The van der Waals surface area contributed by atoms with Crippen LogP contribution in [0, 0.1) is 0 Å². The van der Waals surface area contributed by atoms with Crippen molar-refractivity contribution < 1.29 is 9.53 Å². The van der Waals surface area contributed by atoms with Gasteiger partial charge in [-0.25, -0.2) is 9.78 Å². The molecule has 0 spiro atoms. The second kappa shape index (κ2) is 9.38. The molecule has 0 unspecified atom stereocenters. The van der Waals surface area contributed by atoms with Crippen LogP contribution in [0.3, 0.4) is 0 Å². The third-order valence-electron chi connectivity index (χ3n) is 4.02. The minimum absolute atomic E-state index is 0.241. The Labute approximate surface area is 158 Å². The highest BCUT2D eigenvalue weighted by Crippen LogP contribution is 2.14. The predicted molar refractivity (Wildman–Crippen MR) is 102 cm³/mol. The van der Waals surface area contributed by atoms with Gasteiger partial charge in [-0.15, -0.1) is 0 Å². The third-order valence-corrected chi connectivity index (χ3v) is 4.02. The van der Waals surface area contributed by atoms with Gasteiger partial charge < -0.3 is 15.4 Å². The molecule has 0 aliphatic heterocycles. The van der Waals surface area contributed by atoms with Gasteiger partial charge in [0.2, 0.25) is 5.88 Å². The van der Waals surface area contributed by atoms with Crippen molar-refractivity contribution in [1.29, 1.82) is 0 Å². The Balaban J connectivity index is 1.54. The molecule has 27 heavy (non-hydrogen) atoms. The normalized spacial score (nSPS) is 10.4. The van der Waals surface area contributed by atoms with Crippen LogP contribution in [0.2, 0.25) is 0 Å². The lowest BCUT2D eigenvalue weighted by Crippen LogP contribution is -2.35. The topological polar surface area (TPSA) is 81.1 Å². The summed E-state index contributed by atoms with van der Waals surface area (Å²) in [4.78, 5) is 16.4. The van der Waals surface area contributed by atoms with E-state index >= 15 is 0 Å². The van der Waals surface area contributed by atoms with E-state index in [2.05, 4.69) is 20.7 Å². The molecule has 2 N–H and O–H groups in total. The molecule has 0 aliphatic rings. The Hall–Kier alpha value is -3.35. The maximum Gasteiger partial charge on any atom is 0.315 e. The number of benzene rings is 1. The van der Waals surface area contributed by atoms with E-state index in [0.717, 1.165) is 16.7 Å². The first kappa shape index (κ1) is 18.4. The van der Waals surface area contributed by atoms with Crippen LogP contribution < -0.4 is 15.4 Å². The predicted octanol–water partition coefficient (Wildman–Crippen LogP) is 2.72. The van der Waals surface area contributed by atoms with Gasteiger partial charge in [0, 0.05) is 37.2 Å². The molecule has 3 rings (SSSR count). The van der Waals surface area contributed by atoms with Crippen molar-refractivity contribution in [2.75, 3.05) is 6.61 Å². The Morgan fingerprint density at radius 1 is 1.00 bits per heavy atom. The van der Waals surface area contributed by atoms with Gasteiger partial charge in [0.1, 0.15) is 0 Å². The number of aromatic nitrogens is 3. The Morgan fingerprint density at radius 3 is 2.48 bits per heavy atom. The fourth-order valence-corrected chi connectivity index (χ4v) is 2.69. The van der Waals surface area contributed by atoms with Gasteiger partial charge in [0.15, 0.2) is 0 Å². The Bertz CT molecular complexity index is 864. The summed E-state index contributed by atoms with van der Waals surface area (Å²) in [5, 5.41) is 9.98. The average molecular weight is 365 g/mol. The average Bonchev–Trinajstić information content (AvgIpc) is 3.20. The molecule has 0 fully saturated rings. The van der Waals surface area contributed by atoms with E-state index in [-0.39, 0.29) is 6.03 Å². The third kappa shape index (κ3) is 5.31. The maximum atomic E-state index is 12.2. The quantitative estimate of drug-likeness (QED) is 0.643. The smallest absolute Gasteiger partial charge is 0.315 e. The summed E-state index contributed by atoms with van der Waals surface area (Å²) in [5.41, 5.74) is 3.01. The van der Waals surface area contributed by atoms with Gasteiger partial charge in [0.25, 0.3) is 0 Å². The lowest BCUT2D eigenvalue weighted by molar-refractivity contribution is 0.240. The lowest BCUT2D eigenvalue weighted by Gasteiger charge is -2.13. The van der Waals surface area contributed by atoms with Crippen LogP contribution in [0.4, 0.5) is 4.79 Å². The van der Waals surface area contributed by atoms with Crippen molar-refractivity contribution in [3.05, 3.63) is 77.7 Å². The number of hydrogen-bond acceptors (Lipinski definition) is 4. The first-order chi connectivity index (χ1) is 13.3. The van der Waals surface area contributed by atoms with Crippen molar-refractivity contribution in [2.45, 2.75) is 26.6 Å². The van der Waals surface area contributed by atoms with Crippen LogP contribution in [0.5, 0.6) is 5.88 Å². The van der Waals surface area contributed by atoms with Crippen molar-refractivity contribution in [1.82, 2.24) is 25.4 Å². The van der Waals surface area contributed by atoms with Gasteiger partial charge in [-0.05, 0) is 30.2 Å². The van der Waals surface area contributed by atoms with Gasteiger partial charge in [-0.1, -0.05) is 30.3 Å². The summed E-state index contributed by atoms with van der Waals surface area (Å²) in [6, 6.07) is 13.4. The summed E-state index contributed by atoms with van der Waals surface area (Å²) >= 11 is 0. The van der Waals surface area contributed by atoms with Crippen LogP contribution in [0.15, 0.2) is 61.1 Å². The van der Waals surface area contributed by atoms with E-state index in [4.69, 9.17) is 4.74 Å². The van der Waals surface area contributed by atoms with Gasteiger partial charge in [0.05, 0.1) is 13.2 Å². The van der Waals surface area contributed by atoms with Crippen LogP contribution in [0.25, 0.3) is 0 Å². The minimum Gasteiger partial charge on any atom is -0.478 e. The van der Waals surface area contributed by atoms with Crippen LogP contribution >= 0.6 is 0 Å². The second-order valence-corrected chi connectivity index (χ2v) is 5.91. The first-order valence-electron chi connectivity index (χ1n) is 8.89. The number of nitrogens with one attached hydrogen (secondary N) is 2. The van der Waals surface area contributed by atoms with Gasteiger partial charge in [-0.2, -0.15) is 5.10 Å². The molecule has 0 saturated heterocycles. The van der Waals surface area contributed by atoms with E-state index in [0.29, 0.717) is 32.1 Å².